The molecule has 0 spiro atoms. The molecule has 0 unspecified atom stereocenters. The Bertz CT molecular complexity index is 580. The summed E-state index contributed by atoms with van der Waals surface area (Å²) in [6.07, 6.45) is -5.43. The molecule has 0 bridgehead atoms. The van der Waals surface area contributed by atoms with Gasteiger partial charge in [0.05, 0.1) is 13.2 Å². The molecule has 7 nitrogen and oxygen atoms in total. The number of methoxy groups -OCH3 is 1. The standard InChI is InChI=1S/C11H17F3N4O3/c1-21-6-5-18-8(15)7(9(19)17-10(18)20)16-4-2-3-11(12,13)14/h16H,2-6,15H2,1H3,(H,17,19,20). The number of ether oxygens (including phenoxy) is 1. The van der Waals surface area contributed by atoms with Crippen molar-refractivity contribution >= 4 is 11.5 Å². The quantitative estimate of drug-likeness (QED) is 0.637. The number of alkyl halides is 3. The number of anilines is 2. The summed E-state index contributed by atoms with van der Waals surface area (Å²) in [6, 6.07) is 0. The molecule has 1 rings (SSSR count). The van der Waals surface area contributed by atoms with Gasteiger partial charge in [0.25, 0.3) is 5.56 Å². The van der Waals surface area contributed by atoms with Crippen LogP contribution in [0.2, 0.25) is 0 Å². The minimum Gasteiger partial charge on any atom is -0.383 e. The van der Waals surface area contributed by atoms with Crippen LogP contribution in [0.4, 0.5) is 24.7 Å². The summed E-state index contributed by atoms with van der Waals surface area (Å²) in [4.78, 5) is 25.2. The van der Waals surface area contributed by atoms with E-state index in [4.69, 9.17) is 10.5 Å². The number of nitrogens with one attached hydrogen (secondary N) is 2. The Morgan fingerprint density at radius 2 is 2.05 bits per heavy atom. The van der Waals surface area contributed by atoms with Gasteiger partial charge in [-0.3, -0.25) is 14.3 Å². The lowest BCUT2D eigenvalue weighted by molar-refractivity contribution is -0.134. The smallest absolute Gasteiger partial charge is 0.383 e. The number of hydrogen-bond donors (Lipinski definition) is 3. The summed E-state index contributed by atoms with van der Waals surface area (Å²) in [5.74, 6) is -0.132. The highest BCUT2D eigenvalue weighted by Crippen LogP contribution is 2.21. The molecule has 1 aromatic rings. The van der Waals surface area contributed by atoms with Gasteiger partial charge in [-0.15, -0.1) is 0 Å². The molecule has 10 heteroatoms. The molecule has 0 fully saturated rings. The Balaban J connectivity index is 2.82. The summed E-state index contributed by atoms with van der Waals surface area (Å²) in [7, 11) is 1.43. The predicted octanol–water partition coefficient (Wildman–Crippen LogP) is 0.520. The zero-order chi connectivity index (χ0) is 16.0. The first-order valence-electron chi connectivity index (χ1n) is 6.18. The van der Waals surface area contributed by atoms with Gasteiger partial charge in [-0.05, 0) is 6.42 Å². The average Bonchev–Trinajstić information content (AvgIpc) is 2.36. The molecule has 0 aliphatic rings. The van der Waals surface area contributed by atoms with E-state index in [1.165, 1.54) is 7.11 Å². The molecule has 0 aliphatic carbocycles. The number of halogens is 3. The van der Waals surface area contributed by atoms with Gasteiger partial charge in [-0.1, -0.05) is 0 Å². The van der Waals surface area contributed by atoms with Crippen molar-refractivity contribution in [3.05, 3.63) is 20.8 Å². The van der Waals surface area contributed by atoms with Gasteiger partial charge in [0, 0.05) is 20.1 Å². The van der Waals surface area contributed by atoms with Crippen LogP contribution in [0.1, 0.15) is 12.8 Å². The van der Waals surface area contributed by atoms with Crippen LogP contribution in [0.25, 0.3) is 0 Å². The monoisotopic (exact) mass is 310 g/mol. The fourth-order valence-corrected chi connectivity index (χ4v) is 1.67. The second-order valence-corrected chi connectivity index (χ2v) is 4.31. The van der Waals surface area contributed by atoms with E-state index in [9.17, 15) is 22.8 Å². The van der Waals surface area contributed by atoms with E-state index in [0.29, 0.717) is 0 Å². The second kappa shape index (κ2) is 7.16. The molecule has 0 aromatic carbocycles. The van der Waals surface area contributed by atoms with Crippen molar-refractivity contribution in [3.8, 4) is 0 Å². The molecular formula is C11H17F3N4O3. The van der Waals surface area contributed by atoms with Crippen molar-refractivity contribution in [2.75, 3.05) is 31.3 Å². The summed E-state index contributed by atoms with van der Waals surface area (Å²) in [5, 5.41) is 2.53. The Labute approximate surface area is 117 Å². The molecular weight excluding hydrogens is 293 g/mol. The topological polar surface area (TPSA) is 102 Å². The van der Waals surface area contributed by atoms with Crippen LogP contribution < -0.4 is 22.3 Å². The van der Waals surface area contributed by atoms with E-state index >= 15 is 0 Å². The Kier molecular flexibility index (Phi) is 5.82. The third-order valence-corrected chi connectivity index (χ3v) is 2.70. The number of aromatic amines is 1. The largest absolute Gasteiger partial charge is 0.389 e. The number of nitrogens with two attached hydrogens (primary N) is 1. The van der Waals surface area contributed by atoms with Crippen molar-refractivity contribution in [1.82, 2.24) is 9.55 Å². The Morgan fingerprint density at radius 1 is 1.38 bits per heavy atom. The van der Waals surface area contributed by atoms with Gasteiger partial charge in [0.2, 0.25) is 0 Å². The number of rotatable bonds is 7. The number of hydrogen-bond acceptors (Lipinski definition) is 5. The van der Waals surface area contributed by atoms with Crippen LogP contribution in [0.15, 0.2) is 9.59 Å². The highest BCUT2D eigenvalue weighted by molar-refractivity contribution is 5.60. The summed E-state index contributed by atoms with van der Waals surface area (Å²) in [5.41, 5.74) is 4.11. The number of nitrogen functional groups attached to an aromatic ring is 1. The average molecular weight is 310 g/mol. The van der Waals surface area contributed by atoms with Crippen LogP contribution >= 0.6 is 0 Å². The summed E-state index contributed by atoms with van der Waals surface area (Å²) < 4.78 is 41.9. The lowest BCUT2D eigenvalue weighted by Crippen LogP contribution is -2.35. The maximum atomic E-state index is 12.0. The first kappa shape index (κ1) is 17.1. The van der Waals surface area contributed by atoms with E-state index < -0.39 is 23.8 Å². The molecule has 21 heavy (non-hydrogen) atoms. The fraction of sp³-hybridized carbons (Fsp3) is 0.636. The highest BCUT2D eigenvalue weighted by atomic mass is 19.4. The van der Waals surface area contributed by atoms with Crippen molar-refractivity contribution in [3.63, 3.8) is 0 Å². The first-order chi connectivity index (χ1) is 9.76. The van der Waals surface area contributed by atoms with Crippen molar-refractivity contribution in [1.29, 1.82) is 0 Å². The lowest BCUT2D eigenvalue weighted by Gasteiger charge is -2.13. The zero-order valence-electron chi connectivity index (χ0n) is 11.4. The van der Waals surface area contributed by atoms with Gasteiger partial charge >= 0.3 is 11.9 Å². The van der Waals surface area contributed by atoms with Crippen LogP contribution in [0.3, 0.4) is 0 Å². The molecule has 0 amide bonds. The number of nitrogens with zero attached hydrogens (tertiary/aromatic N) is 1. The third-order valence-electron chi connectivity index (χ3n) is 2.70. The van der Waals surface area contributed by atoms with Crippen molar-refractivity contribution < 1.29 is 17.9 Å². The molecule has 0 radical (unpaired) electrons. The van der Waals surface area contributed by atoms with E-state index in [-0.39, 0.29) is 37.6 Å². The normalized spacial score (nSPS) is 11.6. The SMILES string of the molecule is COCCn1c(N)c(NCCCC(F)(F)F)c(=O)[nH]c1=O. The van der Waals surface area contributed by atoms with Gasteiger partial charge < -0.3 is 15.8 Å². The summed E-state index contributed by atoms with van der Waals surface area (Å²) in [6.45, 7) is 0.230. The van der Waals surface area contributed by atoms with Gasteiger partial charge in [0.1, 0.15) is 11.5 Å². The van der Waals surface area contributed by atoms with Crippen LogP contribution in [0, 0.1) is 0 Å². The fourth-order valence-electron chi connectivity index (χ4n) is 1.67. The lowest BCUT2D eigenvalue weighted by atomic mass is 10.3. The molecule has 1 aromatic heterocycles. The van der Waals surface area contributed by atoms with Crippen molar-refractivity contribution in [2.45, 2.75) is 25.6 Å². The second-order valence-electron chi connectivity index (χ2n) is 4.31. The molecule has 0 atom stereocenters. The minimum atomic E-state index is -4.25. The van der Waals surface area contributed by atoms with Gasteiger partial charge in [0.15, 0.2) is 0 Å². The molecule has 0 saturated carbocycles. The van der Waals surface area contributed by atoms with Gasteiger partial charge in [-0.25, -0.2) is 4.79 Å². The van der Waals surface area contributed by atoms with Crippen LogP contribution in [-0.2, 0) is 11.3 Å². The molecule has 0 saturated heterocycles. The Morgan fingerprint density at radius 3 is 2.62 bits per heavy atom. The number of H-pyrrole nitrogens is 1. The molecule has 4 N–H and O–H groups in total. The summed E-state index contributed by atoms with van der Waals surface area (Å²) >= 11 is 0. The van der Waals surface area contributed by atoms with E-state index in [1.54, 1.807) is 0 Å². The first-order valence-corrected chi connectivity index (χ1v) is 6.18. The van der Waals surface area contributed by atoms with Gasteiger partial charge in [-0.2, -0.15) is 13.2 Å². The van der Waals surface area contributed by atoms with E-state index in [1.807, 2.05) is 4.98 Å². The maximum Gasteiger partial charge on any atom is 0.389 e. The van der Waals surface area contributed by atoms with E-state index in [0.717, 1.165) is 4.57 Å². The van der Waals surface area contributed by atoms with Crippen LogP contribution in [0.5, 0.6) is 0 Å². The van der Waals surface area contributed by atoms with Crippen LogP contribution in [-0.4, -0.2) is 36.0 Å². The molecule has 0 aliphatic heterocycles. The maximum absolute atomic E-state index is 12.0. The third kappa shape index (κ3) is 5.14. The molecule has 120 valence electrons. The number of aromatic nitrogens is 2. The van der Waals surface area contributed by atoms with Crippen molar-refractivity contribution in [2.24, 2.45) is 0 Å². The molecule has 1 heterocycles. The predicted molar refractivity (Wildman–Crippen MR) is 71.4 cm³/mol. The zero-order valence-corrected chi connectivity index (χ0v) is 11.4. The highest BCUT2D eigenvalue weighted by Gasteiger charge is 2.26. The van der Waals surface area contributed by atoms with E-state index in [2.05, 4.69) is 5.32 Å². The minimum absolute atomic E-state index is 0.0880. The Hall–Kier alpha value is -1.97.